The van der Waals surface area contributed by atoms with E-state index in [9.17, 15) is 4.79 Å². The number of carboxylic acids is 1. The van der Waals surface area contributed by atoms with Gasteiger partial charge in [-0.1, -0.05) is 30.3 Å². The summed E-state index contributed by atoms with van der Waals surface area (Å²) in [5.74, 6) is -0.180. The van der Waals surface area contributed by atoms with Crippen molar-refractivity contribution < 1.29 is 14.6 Å². The highest BCUT2D eigenvalue weighted by molar-refractivity contribution is 6.02. The number of rotatable bonds is 6. The van der Waals surface area contributed by atoms with E-state index in [0.717, 1.165) is 22.1 Å². The Labute approximate surface area is 145 Å². The molecule has 0 heterocycles. The van der Waals surface area contributed by atoms with E-state index in [1.54, 1.807) is 18.3 Å². The molecule has 3 aromatic rings. The van der Waals surface area contributed by atoms with Gasteiger partial charge in [0.1, 0.15) is 5.75 Å². The summed E-state index contributed by atoms with van der Waals surface area (Å²) in [5.41, 5.74) is 4.76. The van der Waals surface area contributed by atoms with Gasteiger partial charge in [-0.3, -0.25) is 5.43 Å². The van der Waals surface area contributed by atoms with E-state index in [1.807, 2.05) is 43.3 Å². The Morgan fingerprint density at radius 2 is 1.88 bits per heavy atom. The molecule has 0 aromatic heterocycles. The van der Waals surface area contributed by atoms with Gasteiger partial charge in [-0.15, -0.1) is 0 Å². The molecule has 0 amide bonds. The number of benzene rings is 3. The summed E-state index contributed by atoms with van der Waals surface area (Å²) in [5, 5.41) is 15.4. The van der Waals surface area contributed by atoms with E-state index in [1.165, 1.54) is 12.1 Å². The van der Waals surface area contributed by atoms with Crippen LogP contribution < -0.4 is 10.2 Å². The molecule has 0 unspecified atom stereocenters. The minimum Gasteiger partial charge on any atom is -0.493 e. The average Bonchev–Trinajstić information content (AvgIpc) is 2.64. The van der Waals surface area contributed by atoms with Crippen molar-refractivity contribution in [1.29, 1.82) is 0 Å². The highest BCUT2D eigenvalue weighted by atomic mass is 16.5. The van der Waals surface area contributed by atoms with E-state index in [2.05, 4.69) is 10.5 Å². The molecule has 2 N–H and O–H groups in total. The van der Waals surface area contributed by atoms with Gasteiger partial charge in [0.25, 0.3) is 0 Å². The second-order valence-corrected chi connectivity index (χ2v) is 5.38. The van der Waals surface area contributed by atoms with Crippen molar-refractivity contribution in [3.8, 4) is 5.75 Å². The lowest BCUT2D eigenvalue weighted by atomic mass is 10.0. The number of hydrogen-bond donors (Lipinski definition) is 2. The monoisotopic (exact) mass is 334 g/mol. The van der Waals surface area contributed by atoms with Crippen molar-refractivity contribution in [1.82, 2.24) is 0 Å². The second kappa shape index (κ2) is 7.49. The number of nitrogens with zero attached hydrogens (tertiary/aromatic N) is 1. The fraction of sp³-hybridized carbons (Fsp3) is 0.100. The molecule has 3 aromatic carbocycles. The number of aromatic carboxylic acids is 1. The zero-order valence-corrected chi connectivity index (χ0v) is 13.8. The van der Waals surface area contributed by atoms with E-state index in [4.69, 9.17) is 9.84 Å². The first-order valence-corrected chi connectivity index (χ1v) is 7.96. The molecule has 25 heavy (non-hydrogen) atoms. The van der Waals surface area contributed by atoms with Gasteiger partial charge in [-0.25, -0.2) is 4.79 Å². The van der Waals surface area contributed by atoms with Gasteiger partial charge >= 0.3 is 5.97 Å². The molecule has 0 bridgehead atoms. The molecule has 0 saturated carbocycles. The zero-order valence-electron chi connectivity index (χ0n) is 13.8. The summed E-state index contributed by atoms with van der Waals surface area (Å²) in [4.78, 5) is 10.9. The van der Waals surface area contributed by atoms with Gasteiger partial charge in [0.05, 0.1) is 24.1 Å². The van der Waals surface area contributed by atoms with E-state index in [-0.39, 0.29) is 5.56 Å². The normalized spacial score (nSPS) is 10.9. The predicted molar refractivity (Wildman–Crippen MR) is 99.7 cm³/mol. The Balaban J connectivity index is 1.87. The topological polar surface area (TPSA) is 70.9 Å². The molecule has 0 fully saturated rings. The van der Waals surface area contributed by atoms with Crippen LogP contribution >= 0.6 is 0 Å². The summed E-state index contributed by atoms with van der Waals surface area (Å²) in [6.07, 6.45) is 1.72. The maximum atomic E-state index is 10.9. The predicted octanol–water partition coefficient (Wildman–Crippen LogP) is 4.38. The quantitative estimate of drug-likeness (QED) is 0.518. The Kier molecular flexibility index (Phi) is 4.95. The van der Waals surface area contributed by atoms with Crippen LogP contribution in [0.5, 0.6) is 5.75 Å². The molecule has 5 heteroatoms. The highest BCUT2D eigenvalue weighted by Gasteiger charge is 2.06. The number of carbonyl (C=O) groups is 1. The van der Waals surface area contributed by atoms with Crippen LogP contribution in [0.15, 0.2) is 65.8 Å². The Morgan fingerprint density at radius 1 is 1.12 bits per heavy atom. The van der Waals surface area contributed by atoms with Gasteiger partial charge < -0.3 is 9.84 Å². The standard InChI is InChI=1S/C20H18N2O3/c1-2-25-19-12-9-14-5-3-4-6-17(14)18(19)13-21-22-16-10-7-15(8-11-16)20(23)24/h3-13,22H,2H2,1H3,(H,23,24)/b21-13-. The van der Waals surface area contributed by atoms with Crippen molar-refractivity contribution in [3.63, 3.8) is 0 Å². The molecule has 126 valence electrons. The molecule has 5 nitrogen and oxygen atoms in total. The lowest BCUT2D eigenvalue weighted by Gasteiger charge is -2.10. The van der Waals surface area contributed by atoms with Crippen molar-refractivity contribution in [2.45, 2.75) is 6.92 Å². The van der Waals surface area contributed by atoms with Crippen LogP contribution in [-0.2, 0) is 0 Å². The first kappa shape index (κ1) is 16.5. The number of ether oxygens (including phenoxy) is 1. The minimum absolute atomic E-state index is 0.238. The third kappa shape index (κ3) is 3.77. The molecular weight excluding hydrogens is 316 g/mol. The number of hydrogen-bond acceptors (Lipinski definition) is 4. The third-order valence-electron chi connectivity index (χ3n) is 3.75. The van der Waals surface area contributed by atoms with Crippen LogP contribution in [0.3, 0.4) is 0 Å². The highest BCUT2D eigenvalue weighted by Crippen LogP contribution is 2.26. The van der Waals surface area contributed by atoms with E-state index in [0.29, 0.717) is 12.3 Å². The first-order valence-electron chi connectivity index (χ1n) is 7.96. The van der Waals surface area contributed by atoms with Crippen molar-refractivity contribution in [3.05, 3.63) is 71.8 Å². The van der Waals surface area contributed by atoms with Gasteiger partial charge in [-0.2, -0.15) is 5.10 Å². The Bertz CT molecular complexity index is 918. The minimum atomic E-state index is -0.952. The van der Waals surface area contributed by atoms with Gasteiger partial charge in [-0.05, 0) is 48.0 Å². The number of nitrogens with one attached hydrogen (secondary N) is 1. The largest absolute Gasteiger partial charge is 0.493 e. The molecule has 0 spiro atoms. The van der Waals surface area contributed by atoms with Crippen LogP contribution in [0.1, 0.15) is 22.8 Å². The summed E-state index contributed by atoms with van der Waals surface area (Å²) in [6, 6.07) is 18.4. The van der Waals surface area contributed by atoms with Crippen molar-refractivity contribution in [2.24, 2.45) is 5.10 Å². The molecule has 0 saturated heterocycles. The zero-order chi connectivity index (χ0) is 17.6. The molecule has 0 aliphatic rings. The van der Waals surface area contributed by atoms with Crippen LogP contribution in [0.4, 0.5) is 5.69 Å². The summed E-state index contributed by atoms with van der Waals surface area (Å²) in [7, 11) is 0. The van der Waals surface area contributed by atoms with Gasteiger partial charge in [0, 0.05) is 5.56 Å². The average molecular weight is 334 g/mol. The van der Waals surface area contributed by atoms with E-state index < -0.39 is 5.97 Å². The fourth-order valence-electron chi connectivity index (χ4n) is 2.55. The molecule has 0 atom stereocenters. The summed E-state index contributed by atoms with van der Waals surface area (Å²) < 4.78 is 5.71. The van der Waals surface area contributed by atoms with Gasteiger partial charge in [0.2, 0.25) is 0 Å². The second-order valence-electron chi connectivity index (χ2n) is 5.38. The Morgan fingerprint density at radius 3 is 2.60 bits per heavy atom. The number of anilines is 1. The number of hydrazone groups is 1. The van der Waals surface area contributed by atoms with Crippen molar-refractivity contribution in [2.75, 3.05) is 12.0 Å². The lowest BCUT2D eigenvalue weighted by molar-refractivity contribution is 0.0697. The maximum Gasteiger partial charge on any atom is 0.335 e. The number of fused-ring (bicyclic) bond motifs is 1. The summed E-state index contributed by atoms with van der Waals surface area (Å²) in [6.45, 7) is 2.52. The van der Waals surface area contributed by atoms with Crippen LogP contribution in [0.2, 0.25) is 0 Å². The summed E-state index contributed by atoms with van der Waals surface area (Å²) >= 11 is 0. The molecule has 0 aliphatic heterocycles. The number of carboxylic acid groups (broad SMARTS) is 1. The van der Waals surface area contributed by atoms with Crippen molar-refractivity contribution >= 4 is 28.6 Å². The smallest absolute Gasteiger partial charge is 0.335 e. The van der Waals surface area contributed by atoms with E-state index >= 15 is 0 Å². The first-order chi connectivity index (χ1) is 12.2. The molecular formula is C20H18N2O3. The lowest BCUT2D eigenvalue weighted by Crippen LogP contribution is -1.99. The van der Waals surface area contributed by atoms with Crippen LogP contribution in [-0.4, -0.2) is 23.9 Å². The van der Waals surface area contributed by atoms with Crippen LogP contribution in [0.25, 0.3) is 10.8 Å². The Hall–Kier alpha value is -3.34. The van der Waals surface area contributed by atoms with Gasteiger partial charge in [0.15, 0.2) is 0 Å². The third-order valence-corrected chi connectivity index (χ3v) is 3.75. The molecule has 3 rings (SSSR count). The van der Waals surface area contributed by atoms with Crippen LogP contribution in [0, 0.1) is 0 Å². The molecule has 0 radical (unpaired) electrons. The fourth-order valence-corrected chi connectivity index (χ4v) is 2.55. The molecule has 0 aliphatic carbocycles. The SMILES string of the molecule is CCOc1ccc2ccccc2c1/C=N\Nc1ccc(C(=O)O)cc1. The maximum absolute atomic E-state index is 10.9.